The van der Waals surface area contributed by atoms with Crippen LogP contribution in [-0.4, -0.2) is 10.2 Å². The first-order chi connectivity index (χ1) is 10.3. The molecule has 3 nitrogen and oxygen atoms in total. The minimum Gasteiger partial charge on any atom is -0.467 e. The molecule has 1 heterocycles. The van der Waals surface area contributed by atoms with Gasteiger partial charge in [-0.2, -0.15) is 0 Å². The largest absolute Gasteiger partial charge is 0.467 e. The molecule has 5 heteroatoms. The van der Waals surface area contributed by atoms with Crippen molar-refractivity contribution in [3.8, 4) is 0 Å². The molecule has 0 N–H and O–H groups in total. The smallest absolute Gasteiger partial charge is 0.236 e. The second kappa shape index (κ2) is 5.32. The highest BCUT2D eigenvalue weighted by Gasteiger charge is 2.68. The highest BCUT2D eigenvalue weighted by molar-refractivity contribution is 6.53. The van der Waals surface area contributed by atoms with Gasteiger partial charge in [0.2, 0.25) is 5.91 Å². The van der Waals surface area contributed by atoms with Crippen LogP contribution in [0.5, 0.6) is 0 Å². The fourth-order valence-electron chi connectivity index (χ4n) is 2.49. The van der Waals surface area contributed by atoms with Gasteiger partial charge < -0.3 is 9.32 Å². The molecule has 0 spiro atoms. The minimum absolute atomic E-state index is 0.0854. The average Bonchev–Trinajstić information content (AvgIpc) is 2.83. The first kappa shape index (κ1) is 15.4. The van der Waals surface area contributed by atoms with E-state index >= 15 is 0 Å². The normalized spacial score (nSPS) is 22.4. The molecule has 2 aromatic rings. The quantitative estimate of drug-likeness (QED) is 0.757. The lowest BCUT2D eigenvalue weighted by Gasteiger charge is -2.26. The van der Waals surface area contributed by atoms with Crippen molar-refractivity contribution in [2.24, 2.45) is 5.41 Å². The fourth-order valence-corrected chi connectivity index (χ4v) is 3.19. The Hall–Kier alpha value is -1.45. The number of hydrogen-bond acceptors (Lipinski definition) is 2. The van der Waals surface area contributed by atoms with Crippen LogP contribution < -0.4 is 4.90 Å². The first-order valence-electron chi connectivity index (χ1n) is 7.12. The molecule has 1 aromatic heterocycles. The Morgan fingerprint density at radius 1 is 1.27 bits per heavy atom. The van der Waals surface area contributed by atoms with Crippen molar-refractivity contribution in [2.75, 3.05) is 4.90 Å². The predicted molar refractivity (Wildman–Crippen MR) is 88.2 cm³/mol. The van der Waals surface area contributed by atoms with Gasteiger partial charge in [0.25, 0.3) is 0 Å². The molecule has 1 aliphatic carbocycles. The number of anilines is 1. The molecule has 1 atom stereocenters. The maximum Gasteiger partial charge on any atom is 0.236 e. The average molecular weight is 338 g/mol. The van der Waals surface area contributed by atoms with Crippen LogP contribution >= 0.6 is 23.2 Å². The molecule has 1 amide bonds. The van der Waals surface area contributed by atoms with Crippen molar-refractivity contribution < 1.29 is 9.21 Å². The molecule has 1 saturated carbocycles. The number of alkyl halides is 2. The summed E-state index contributed by atoms with van der Waals surface area (Å²) in [7, 11) is 0. The fraction of sp³-hybridized carbons (Fsp3) is 0.353. The molecule has 0 bridgehead atoms. The van der Waals surface area contributed by atoms with Crippen molar-refractivity contribution >= 4 is 34.8 Å². The van der Waals surface area contributed by atoms with E-state index in [9.17, 15) is 4.79 Å². The number of furan rings is 1. The van der Waals surface area contributed by atoms with Crippen LogP contribution in [0.3, 0.4) is 0 Å². The van der Waals surface area contributed by atoms with E-state index in [4.69, 9.17) is 27.6 Å². The SMILES string of the molecule is Cc1ccc(N(Cc2ccco2)C(=O)C2(C)CC2(Cl)Cl)cc1. The number of hydrogen-bond donors (Lipinski definition) is 0. The lowest BCUT2D eigenvalue weighted by atomic mass is 10.1. The Morgan fingerprint density at radius 3 is 2.41 bits per heavy atom. The van der Waals surface area contributed by atoms with Gasteiger partial charge in [0, 0.05) is 5.69 Å². The Labute approximate surface area is 139 Å². The Morgan fingerprint density at radius 2 is 1.91 bits per heavy atom. The molecule has 0 saturated heterocycles. The van der Waals surface area contributed by atoms with Crippen molar-refractivity contribution in [2.45, 2.75) is 31.1 Å². The third kappa shape index (κ3) is 2.64. The molecule has 1 fully saturated rings. The van der Waals surface area contributed by atoms with E-state index in [1.807, 2.05) is 37.3 Å². The molecule has 22 heavy (non-hydrogen) atoms. The van der Waals surface area contributed by atoms with E-state index in [-0.39, 0.29) is 5.91 Å². The number of halogens is 2. The van der Waals surface area contributed by atoms with Crippen molar-refractivity contribution in [1.82, 2.24) is 0 Å². The van der Waals surface area contributed by atoms with E-state index in [0.29, 0.717) is 18.7 Å². The van der Waals surface area contributed by atoms with Gasteiger partial charge in [-0.1, -0.05) is 17.7 Å². The van der Waals surface area contributed by atoms with Gasteiger partial charge in [-0.15, -0.1) is 23.2 Å². The highest BCUT2D eigenvalue weighted by Crippen LogP contribution is 2.64. The second-order valence-electron chi connectivity index (χ2n) is 6.02. The third-order valence-electron chi connectivity index (χ3n) is 4.21. The van der Waals surface area contributed by atoms with Gasteiger partial charge in [0.1, 0.15) is 10.1 Å². The second-order valence-corrected chi connectivity index (χ2v) is 7.50. The number of aryl methyl sites for hydroxylation is 1. The molecule has 0 radical (unpaired) electrons. The van der Waals surface area contributed by atoms with Gasteiger partial charge in [-0.3, -0.25) is 4.79 Å². The summed E-state index contributed by atoms with van der Waals surface area (Å²) in [6.07, 6.45) is 2.06. The summed E-state index contributed by atoms with van der Waals surface area (Å²) in [5.41, 5.74) is 1.19. The molecule has 116 valence electrons. The number of carbonyl (C=O) groups excluding carboxylic acids is 1. The monoisotopic (exact) mass is 337 g/mol. The number of benzene rings is 1. The number of carbonyl (C=O) groups is 1. The summed E-state index contributed by atoms with van der Waals surface area (Å²) in [4.78, 5) is 14.7. The molecular weight excluding hydrogens is 321 g/mol. The Bertz CT molecular complexity index is 679. The summed E-state index contributed by atoms with van der Waals surface area (Å²) >= 11 is 12.4. The summed E-state index contributed by atoms with van der Waals surface area (Å²) in [5.74, 6) is 0.630. The molecule has 1 aromatic carbocycles. The summed E-state index contributed by atoms with van der Waals surface area (Å²) < 4.78 is 4.39. The van der Waals surface area contributed by atoms with E-state index in [1.165, 1.54) is 0 Å². The van der Waals surface area contributed by atoms with Crippen molar-refractivity contribution in [1.29, 1.82) is 0 Å². The number of nitrogens with zero attached hydrogens (tertiary/aromatic N) is 1. The molecule has 3 rings (SSSR count). The molecule has 1 unspecified atom stereocenters. The summed E-state index contributed by atoms with van der Waals surface area (Å²) in [6, 6.07) is 11.4. The zero-order chi connectivity index (χ0) is 16.0. The van der Waals surface area contributed by atoms with Crippen LogP contribution in [0.15, 0.2) is 47.1 Å². The minimum atomic E-state index is -0.990. The van der Waals surface area contributed by atoms with Crippen LogP contribution in [0, 0.1) is 12.3 Å². The number of rotatable bonds is 4. The Kier molecular flexibility index (Phi) is 3.74. The van der Waals surface area contributed by atoms with Gasteiger partial charge in [0.15, 0.2) is 0 Å². The van der Waals surface area contributed by atoms with E-state index in [0.717, 1.165) is 11.3 Å². The standard InChI is InChI=1S/C17H17Cl2NO2/c1-12-5-7-13(8-6-12)20(10-14-4-3-9-22-14)15(21)16(2)11-17(16,18)19/h3-9H,10-11H2,1-2H3. The summed E-state index contributed by atoms with van der Waals surface area (Å²) in [6.45, 7) is 4.17. The number of amides is 1. The van der Waals surface area contributed by atoms with E-state index in [1.54, 1.807) is 24.2 Å². The topological polar surface area (TPSA) is 33.5 Å². The first-order valence-corrected chi connectivity index (χ1v) is 7.88. The zero-order valence-electron chi connectivity index (χ0n) is 12.5. The molecule has 1 aliphatic rings. The lowest BCUT2D eigenvalue weighted by molar-refractivity contribution is -0.123. The van der Waals surface area contributed by atoms with Crippen molar-refractivity contribution in [3.05, 3.63) is 54.0 Å². The van der Waals surface area contributed by atoms with Crippen LogP contribution in [0.2, 0.25) is 0 Å². The third-order valence-corrected chi connectivity index (χ3v) is 5.32. The van der Waals surface area contributed by atoms with Gasteiger partial charge in [-0.05, 0) is 44.5 Å². The van der Waals surface area contributed by atoms with E-state index < -0.39 is 9.75 Å². The van der Waals surface area contributed by atoms with Crippen molar-refractivity contribution in [3.63, 3.8) is 0 Å². The highest BCUT2D eigenvalue weighted by atomic mass is 35.5. The molecular formula is C17H17Cl2NO2. The van der Waals surface area contributed by atoms with Gasteiger partial charge in [0.05, 0.1) is 18.2 Å². The zero-order valence-corrected chi connectivity index (χ0v) is 14.0. The maximum atomic E-state index is 13.0. The summed E-state index contributed by atoms with van der Waals surface area (Å²) in [5, 5.41) is 0. The molecule has 0 aliphatic heterocycles. The maximum absolute atomic E-state index is 13.0. The predicted octanol–water partition coefficient (Wildman–Crippen LogP) is 4.71. The van der Waals surface area contributed by atoms with Crippen LogP contribution in [0.4, 0.5) is 5.69 Å². The van der Waals surface area contributed by atoms with Gasteiger partial charge in [-0.25, -0.2) is 0 Å². The van der Waals surface area contributed by atoms with E-state index in [2.05, 4.69) is 0 Å². The van der Waals surface area contributed by atoms with Crippen LogP contribution in [-0.2, 0) is 11.3 Å². The van der Waals surface area contributed by atoms with Gasteiger partial charge >= 0.3 is 0 Å². The Balaban J connectivity index is 1.93. The lowest BCUT2D eigenvalue weighted by Crippen LogP contribution is -2.37. The van der Waals surface area contributed by atoms with Crippen LogP contribution in [0.25, 0.3) is 0 Å². The van der Waals surface area contributed by atoms with Crippen LogP contribution in [0.1, 0.15) is 24.7 Å².